The Labute approximate surface area is 138 Å². The van der Waals surface area contributed by atoms with E-state index in [2.05, 4.69) is 17.2 Å². The number of amides is 1. The average molecular weight is 342 g/mol. The third-order valence-electron chi connectivity index (χ3n) is 4.31. The lowest BCUT2D eigenvalue weighted by Crippen LogP contribution is -2.42. The summed E-state index contributed by atoms with van der Waals surface area (Å²) in [6, 6.07) is -0.120. The summed E-state index contributed by atoms with van der Waals surface area (Å²) in [5, 5.41) is 3.01. The predicted octanol–water partition coefficient (Wildman–Crippen LogP) is 0.622. The maximum absolute atomic E-state index is 12.3. The Balaban J connectivity index is 2.00. The molecule has 2 rings (SSSR count). The molecule has 1 aromatic rings. The topological polar surface area (TPSA) is 84.3 Å². The maximum atomic E-state index is 12.3. The van der Waals surface area contributed by atoms with E-state index in [4.69, 9.17) is 0 Å². The van der Waals surface area contributed by atoms with Gasteiger partial charge >= 0.3 is 0 Å². The molecule has 0 radical (unpaired) electrons. The lowest BCUT2D eigenvalue weighted by Gasteiger charge is -2.19. The van der Waals surface area contributed by atoms with Gasteiger partial charge in [-0.2, -0.15) is 4.31 Å². The molecule has 0 aromatic carbocycles. The molecule has 0 bridgehead atoms. The Morgan fingerprint density at radius 1 is 1.39 bits per heavy atom. The van der Waals surface area contributed by atoms with Crippen molar-refractivity contribution >= 4 is 15.9 Å². The van der Waals surface area contributed by atoms with Crippen molar-refractivity contribution in [1.29, 1.82) is 0 Å². The van der Waals surface area contributed by atoms with Gasteiger partial charge in [0.1, 0.15) is 12.4 Å². The van der Waals surface area contributed by atoms with E-state index in [-0.39, 0.29) is 24.4 Å². The largest absolute Gasteiger partial charge is 0.350 e. The van der Waals surface area contributed by atoms with Gasteiger partial charge in [-0.3, -0.25) is 4.79 Å². The van der Waals surface area contributed by atoms with Crippen LogP contribution in [0.5, 0.6) is 0 Å². The zero-order valence-electron chi connectivity index (χ0n) is 14.0. The first kappa shape index (κ1) is 17.9. The standard InChI is InChI=1S/C15H26N4O3S/c1-4-6-12-9-19(23(3,21)22)10-13(12)17-15(20)11-18-8-7-16-14(18)5-2/h7-8,12-13H,4-6,9-11H2,1-3H3,(H,17,20). The van der Waals surface area contributed by atoms with Gasteiger partial charge in [0.05, 0.1) is 6.26 Å². The van der Waals surface area contributed by atoms with E-state index in [0.717, 1.165) is 25.1 Å². The molecule has 23 heavy (non-hydrogen) atoms. The zero-order valence-corrected chi connectivity index (χ0v) is 14.8. The summed E-state index contributed by atoms with van der Waals surface area (Å²) in [4.78, 5) is 16.5. The zero-order chi connectivity index (χ0) is 17.0. The summed E-state index contributed by atoms with van der Waals surface area (Å²) >= 11 is 0. The number of nitrogens with zero attached hydrogens (tertiary/aromatic N) is 3. The molecular formula is C15H26N4O3S. The van der Waals surface area contributed by atoms with Crippen molar-refractivity contribution in [2.45, 2.75) is 45.7 Å². The van der Waals surface area contributed by atoms with Crippen LogP contribution in [-0.4, -0.2) is 53.6 Å². The molecule has 7 nitrogen and oxygen atoms in total. The molecule has 1 amide bonds. The first-order chi connectivity index (χ1) is 10.8. The van der Waals surface area contributed by atoms with Crippen LogP contribution in [0.2, 0.25) is 0 Å². The Bertz CT molecular complexity index is 641. The fourth-order valence-electron chi connectivity index (χ4n) is 3.13. The number of rotatable bonds is 7. The summed E-state index contributed by atoms with van der Waals surface area (Å²) in [5.41, 5.74) is 0. The van der Waals surface area contributed by atoms with Crippen molar-refractivity contribution in [3.63, 3.8) is 0 Å². The molecular weight excluding hydrogens is 316 g/mol. The summed E-state index contributed by atoms with van der Waals surface area (Å²) in [6.07, 6.45) is 7.34. The second-order valence-electron chi connectivity index (χ2n) is 6.13. The number of hydrogen-bond acceptors (Lipinski definition) is 4. The van der Waals surface area contributed by atoms with E-state index in [1.165, 1.54) is 10.6 Å². The van der Waals surface area contributed by atoms with Gasteiger partial charge in [-0.15, -0.1) is 0 Å². The van der Waals surface area contributed by atoms with E-state index in [1.807, 2.05) is 11.5 Å². The Morgan fingerprint density at radius 2 is 2.13 bits per heavy atom. The summed E-state index contributed by atoms with van der Waals surface area (Å²) in [7, 11) is -3.22. The predicted molar refractivity (Wildman–Crippen MR) is 88.4 cm³/mol. The fraction of sp³-hybridized carbons (Fsp3) is 0.733. The van der Waals surface area contributed by atoms with Gasteiger partial charge in [0.15, 0.2) is 0 Å². The van der Waals surface area contributed by atoms with Gasteiger partial charge in [0.25, 0.3) is 0 Å². The molecule has 0 spiro atoms. The Kier molecular flexibility index (Phi) is 5.80. The highest BCUT2D eigenvalue weighted by Crippen LogP contribution is 2.23. The van der Waals surface area contributed by atoms with Crippen LogP contribution >= 0.6 is 0 Å². The Hall–Kier alpha value is -1.41. The maximum Gasteiger partial charge on any atom is 0.240 e. The van der Waals surface area contributed by atoms with Crippen LogP contribution in [0, 0.1) is 5.92 Å². The van der Waals surface area contributed by atoms with Gasteiger partial charge in [0.2, 0.25) is 15.9 Å². The van der Waals surface area contributed by atoms with Crippen molar-refractivity contribution in [1.82, 2.24) is 19.2 Å². The third-order valence-corrected chi connectivity index (χ3v) is 5.55. The normalized spacial score (nSPS) is 22.4. The minimum atomic E-state index is -3.22. The molecule has 0 saturated carbocycles. The van der Waals surface area contributed by atoms with Gasteiger partial charge in [0, 0.05) is 37.9 Å². The van der Waals surface area contributed by atoms with Crippen molar-refractivity contribution in [2.75, 3.05) is 19.3 Å². The molecule has 130 valence electrons. The third kappa shape index (κ3) is 4.54. The molecule has 1 saturated heterocycles. The highest BCUT2D eigenvalue weighted by molar-refractivity contribution is 7.88. The smallest absolute Gasteiger partial charge is 0.240 e. The van der Waals surface area contributed by atoms with E-state index >= 15 is 0 Å². The second-order valence-corrected chi connectivity index (χ2v) is 8.11. The number of carbonyl (C=O) groups excluding carboxylic acids is 1. The fourth-order valence-corrected chi connectivity index (χ4v) is 4.03. The summed E-state index contributed by atoms with van der Waals surface area (Å²) < 4.78 is 26.8. The molecule has 1 aliphatic rings. The molecule has 0 aliphatic carbocycles. The SMILES string of the molecule is CCCC1CN(S(C)(=O)=O)CC1NC(=O)Cn1ccnc1CC. The molecule has 1 fully saturated rings. The van der Waals surface area contributed by atoms with E-state index < -0.39 is 10.0 Å². The summed E-state index contributed by atoms with van der Waals surface area (Å²) in [6.45, 7) is 5.13. The first-order valence-electron chi connectivity index (χ1n) is 8.09. The van der Waals surface area contributed by atoms with Crippen LogP contribution in [0.15, 0.2) is 12.4 Å². The number of nitrogens with one attached hydrogen (secondary N) is 1. The van der Waals surface area contributed by atoms with Crippen LogP contribution in [0.3, 0.4) is 0 Å². The van der Waals surface area contributed by atoms with Gasteiger partial charge in [-0.25, -0.2) is 13.4 Å². The molecule has 1 N–H and O–H groups in total. The number of sulfonamides is 1. The van der Waals surface area contributed by atoms with Crippen LogP contribution in [-0.2, 0) is 27.8 Å². The van der Waals surface area contributed by atoms with Crippen LogP contribution < -0.4 is 5.32 Å². The quantitative estimate of drug-likeness (QED) is 0.787. The minimum Gasteiger partial charge on any atom is -0.350 e. The number of carbonyl (C=O) groups is 1. The Morgan fingerprint density at radius 3 is 2.74 bits per heavy atom. The van der Waals surface area contributed by atoms with Crippen molar-refractivity contribution in [2.24, 2.45) is 5.92 Å². The molecule has 2 unspecified atom stereocenters. The van der Waals surface area contributed by atoms with Crippen molar-refractivity contribution < 1.29 is 13.2 Å². The lowest BCUT2D eigenvalue weighted by molar-refractivity contribution is -0.122. The van der Waals surface area contributed by atoms with Crippen LogP contribution in [0.25, 0.3) is 0 Å². The van der Waals surface area contributed by atoms with Crippen molar-refractivity contribution in [3.05, 3.63) is 18.2 Å². The number of imidazole rings is 1. The molecule has 2 heterocycles. The highest BCUT2D eigenvalue weighted by atomic mass is 32.2. The van der Waals surface area contributed by atoms with Gasteiger partial charge in [-0.1, -0.05) is 20.3 Å². The van der Waals surface area contributed by atoms with Crippen LogP contribution in [0.1, 0.15) is 32.5 Å². The van der Waals surface area contributed by atoms with Crippen LogP contribution in [0.4, 0.5) is 0 Å². The van der Waals surface area contributed by atoms with Gasteiger partial charge in [-0.05, 0) is 12.3 Å². The van der Waals surface area contributed by atoms with Gasteiger partial charge < -0.3 is 9.88 Å². The van der Waals surface area contributed by atoms with E-state index in [0.29, 0.717) is 13.1 Å². The molecule has 1 aromatic heterocycles. The molecule has 2 atom stereocenters. The monoisotopic (exact) mass is 342 g/mol. The van der Waals surface area contributed by atoms with E-state index in [1.54, 1.807) is 12.4 Å². The summed E-state index contributed by atoms with van der Waals surface area (Å²) in [5.74, 6) is 0.945. The first-order valence-corrected chi connectivity index (χ1v) is 9.94. The minimum absolute atomic E-state index is 0.0980. The molecule has 1 aliphatic heterocycles. The number of aromatic nitrogens is 2. The highest BCUT2D eigenvalue weighted by Gasteiger charge is 2.37. The lowest BCUT2D eigenvalue weighted by atomic mass is 9.98. The molecule has 8 heteroatoms. The average Bonchev–Trinajstić information content (AvgIpc) is 3.06. The number of aryl methyl sites for hydroxylation is 1. The van der Waals surface area contributed by atoms with E-state index in [9.17, 15) is 13.2 Å². The van der Waals surface area contributed by atoms with Crippen molar-refractivity contribution in [3.8, 4) is 0 Å². The second kappa shape index (κ2) is 7.44. The number of hydrogen-bond donors (Lipinski definition) is 1.